The van der Waals surface area contributed by atoms with E-state index in [4.69, 9.17) is 5.73 Å². The highest BCUT2D eigenvalue weighted by Crippen LogP contribution is 2.36. The molecule has 2 N–H and O–H groups in total. The number of alkyl halides is 3. The van der Waals surface area contributed by atoms with E-state index in [2.05, 4.69) is 6.58 Å². The van der Waals surface area contributed by atoms with Crippen LogP contribution >= 0.6 is 12.4 Å². The molecule has 0 aliphatic rings. The zero-order chi connectivity index (χ0) is 11.6. The molecule has 90 valence electrons. The Morgan fingerprint density at radius 3 is 2.31 bits per heavy atom. The Labute approximate surface area is 96.4 Å². The second-order valence-corrected chi connectivity index (χ2v) is 2.96. The maximum Gasteiger partial charge on any atom is 0.419 e. The van der Waals surface area contributed by atoms with Gasteiger partial charge in [0.25, 0.3) is 0 Å². The van der Waals surface area contributed by atoms with Gasteiger partial charge in [-0.15, -0.1) is 19.0 Å². The van der Waals surface area contributed by atoms with Crippen LogP contribution < -0.4 is 5.73 Å². The Kier molecular flexibility index (Phi) is 4.96. The molecule has 0 aliphatic carbocycles. The van der Waals surface area contributed by atoms with E-state index in [0.29, 0.717) is 0 Å². The van der Waals surface area contributed by atoms with Gasteiger partial charge in [0.15, 0.2) is 0 Å². The first-order valence-electron chi connectivity index (χ1n) is 4.11. The van der Waals surface area contributed by atoms with E-state index >= 15 is 0 Å². The largest absolute Gasteiger partial charge is 0.419 e. The van der Waals surface area contributed by atoms with Crippen LogP contribution in [-0.4, -0.2) is 0 Å². The smallest absolute Gasteiger partial charge is 0.321 e. The number of nitrogens with two attached hydrogens (primary N) is 1. The minimum absolute atomic E-state index is 0. The molecule has 0 unspecified atom stereocenters. The molecule has 0 saturated heterocycles. The van der Waals surface area contributed by atoms with Gasteiger partial charge in [-0.25, -0.2) is 4.39 Å². The van der Waals surface area contributed by atoms with Crippen molar-refractivity contribution < 1.29 is 17.6 Å². The third kappa shape index (κ3) is 2.96. The molecule has 16 heavy (non-hydrogen) atoms. The quantitative estimate of drug-likeness (QED) is 0.636. The Hall–Kier alpha value is -1.07. The lowest BCUT2D eigenvalue weighted by atomic mass is 10.00. The van der Waals surface area contributed by atoms with Gasteiger partial charge in [0.05, 0.1) is 5.56 Å². The molecule has 0 fully saturated rings. The third-order valence-electron chi connectivity index (χ3n) is 1.94. The molecule has 1 rings (SSSR count). The van der Waals surface area contributed by atoms with E-state index in [1.165, 1.54) is 6.07 Å². The summed E-state index contributed by atoms with van der Waals surface area (Å²) < 4.78 is 50.5. The van der Waals surface area contributed by atoms with Crippen LogP contribution in [0, 0.1) is 5.82 Å². The predicted molar refractivity (Wildman–Crippen MR) is 55.8 cm³/mol. The summed E-state index contributed by atoms with van der Waals surface area (Å²) in [7, 11) is 0. The van der Waals surface area contributed by atoms with Crippen LogP contribution in [0.5, 0.6) is 0 Å². The molecule has 1 atom stereocenters. The van der Waals surface area contributed by atoms with Crippen molar-refractivity contribution in [1.29, 1.82) is 0 Å². The molecule has 0 heterocycles. The minimum atomic E-state index is -4.75. The third-order valence-corrected chi connectivity index (χ3v) is 1.94. The van der Waals surface area contributed by atoms with Crippen LogP contribution in [0.25, 0.3) is 0 Å². The molecule has 0 saturated carbocycles. The lowest BCUT2D eigenvalue weighted by Crippen LogP contribution is -2.17. The second kappa shape index (κ2) is 5.32. The summed E-state index contributed by atoms with van der Waals surface area (Å²) in [4.78, 5) is 0. The molecule has 0 aliphatic heterocycles. The molecule has 6 heteroatoms. The number of halogens is 5. The summed E-state index contributed by atoms with van der Waals surface area (Å²) in [6.07, 6.45) is -3.62. The molecule has 0 radical (unpaired) electrons. The maximum absolute atomic E-state index is 13.0. The first-order valence-corrected chi connectivity index (χ1v) is 4.11. The average Bonchev–Trinajstić information content (AvgIpc) is 2.14. The molecule has 0 amide bonds. The van der Waals surface area contributed by atoms with Crippen molar-refractivity contribution in [3.05, 3.63) is 47.8 Å². The topological polar surface area (TPSA) is 26.0 Å². The van der Waals surface area contributed by atoms with Gasteiger partial charge in [0.2, 0.25) is 0 Å². The molecule has 1 aromatic carbocycles. The van der Waals surface area contributed by atoms with E-state index in [9.17, 15) is 17.6 Å². The van der Waals surface area contributed by atoms with Gasteiger partial charge in [0.1, 0.15) is 5.82 Å². The van der Waals surface area contributed by atoms with Crippen LogP contribution in [0.3, 0.4) is 0 Å². The predicted octanol–water partition coefficient (Wildman–Crippen LogP) is 3.45. The molecule has 0 aromatic heterocycles. The van der Waals surface area contributed by atoms with E-state index in [1.807, 2.05) is 0 Å². The SMILES string of the molecule is C=C[C@@H](N)c1cccc(F)c1C(F)(F)F.Cl. The van der Waals surface area contributed by atoms with Gasteiger partial charge >= 0.3 is 6.18 Å². The highest BCUT2D eigenvalue weighted by atomic mass is 35.5. The van der Waals surface area contributed by atoms with Crippen LogP contribution in [0.1, 0.15) is 17.2 Å². The Morgan fingerprint density at radius 1 is 1.31 bits per heavy atom. The molecule has 0 bridgehead atoms. The van der Waals surface area contributed by atoms with E-state index in [-0.39, 0.29) is 18.0 Å². The lowest BCUT2D eigenvalue weighted by molar-refractivity contribution is -0.140. The van der Waals surface area contributed by atoms with Crippen LogP contribution in [0.4, 0.5) is 17.6 Å². The Morgan fingerprint density at radius 2 is 1.88 bits per heavy atom. The first kappa shape index (κ1) is 14.9. The second-order valence-electron chi connectivity index (χ2n) is 2.96. The van der Waals surface area contributed by atoms with E-state index in [1.54, 1.807) is 0 Å². The van der Waals surface area contributed by atoms with Crippen molar-refractivity contribution in [3.8, 4) is 0 Å². The van der Waals surface area contributed by atoms with Gasteiger partial charge in [-0.05, 0) is 11.6 Å². The fourth-order valence-corrected chi connectivity index (χ4v) is 1.24. The number of benzene rings is 1. The number of hydrogen-bond acceptors (Lipinski definition) is 1. The Bertz CT molecular complexity index is 376. The van der Waals surface area contributed by atoms with Gasteiger partial charge in [-0.2, -0.15) is 13.2 Å². The summed E-state index contributed by atoms with van der Waals surface area (Å²) >= 11 is 0. The fourth-order valence-electron chi connectivity index (χ4n) is 1.24. The normalized spacial score (nSPS) is 12.8. The van der Waals surface area contributed by atoms with Gasteiger partial charge < -0.3 is 5.73 Å². The standard InChI is InChI=1S/C10H9F4N.ClH/c1-2-8(15)6-4-3-5-7(11)9(6)10(12,13)14;/h2-5,8H,1,15H2;1H/t8-;/m1./s1. The molecule has 1 aromatic rings. The lowest BCUT2D eigenvalue weighted by Gasteiger charge is -2.16. The van der Waals surface area contributed by atoms with Crippen LogP contribution in [-0.2, 0) is 6.18 Å². The summed E-state index contributed by atoms with van der Waals surface area (Å²) in [6.45, 7) is 3.28. The zero-order valence-corrected chi connectivity index (χ0v) is 8.91. The summed E-state index contributed by atoms with van der Waals surface area (Å²) in [5.41, 5.74) is 3.75. The van der Waals surface area contributed by atoms with Gasteiger partial charge in [-0.1, -0.05) is 18.2 Å². The van der Waals surface area contributed by atoms with Gasteiger partial charge in [0, 0.05) is 6.04 Å². The molecule has 0 spiro atoms. The molecular weight excluding hydrogens is 246 g/mol. The van der Waals surface area contributed by atoms with Crippen molar-refractivity contribution in [2.75, 3.05) is 0 Å². The average molecular weight is 256 g/mol. The summed E-state index contributed by atoms with van der Waals surface area (Å²) in [6, 6.07) is 2.04. The molecular formula is C10H10ClF4N. The zero-order valence-electron chi connectivity index (χ0n) is 8.09. The van der Waals surface area contributed by atoms with Crippen LogP contribution in [0.15, 0.2) is 30.9 Å². The number of rotatable bonds is 2. The summed E-state index contributed by atoms with van der Waals surface area (Å²) in [5.74, 6) is -1.32. The van der Waals surface area contributed by atoms with Gasteiger partial charge in [-0.3, -0.25) is 0 Å². The van der Waals surface area contributed by atoms with Crippen molar-refractivity contribution in [2.24, 2.45) is 5.73 Å². The summed E-state index contributed by atoms with van der Waals surface area (Å²) in [5, 5.41) is 0. The van der Waals surface area contributed by atoms with Crippen molar-refractivity contribution >= 4 is 12.4 Å². The fraction of sp³-hybridized carbons (Fsp3) is 0.200. The first-order chi connectivity index (χ1) is 6.88. The van der Waals surface area contributed by atoms with Crippen molar-refractivity contribution in [2.45, 2.75) is 12.2 Å². The minimum Gasteiger partial charge on any atom is -0.321 e. The van der Waals surface area contributed by atoms with Crippen molar-refractivity contribution in [3.63, 3.8) is 0 Å². The molecule has 1 nitrogen and oxygen atoms in total. The van der Waals surface area contributed by atoms with E-state index in [0.717, 1.165) is 18.2 Å². The van der Waals surface area contributed by atoms with Crippen molar-refractivity contribution in [1.82, 2.24) is 0 Å². The monoisotopic (exact) mass is 255 g/mol. The highest BCUT2D eigenvalue weighted by Gasteiger charge is 2.37. The maximum atomic E-state index is 13.0. The highest BCUT2D eigenvalue weighted by molar-refractivity contribution is 5.85. The number of hydrogen-bond donors (Lipinski definition) is 1. The van der Waals surface area contributed by atoms with E-state index < -0.39 is 23.6 Å². The Balaban J connectivity index is 0.00000225. The van der Waals surface area contributed by atoms with Crippen LogP contribution in [0.2, 0.25) is 0 Å².